The van der Waals surface area contributed by atoms with Gasteiger partial charge in [0.05, 0.1) is 29.4 Å². The van der Waals surface area contributed by atoms with E-state index in [1.807, 2.05) is 12.3 Å². The molecule has 0 aliphatic heterocycles. The van der Waals surface area contributed by atoms with Crippen molar-refractivity contribution in [3.8, 4) is 11.3 Å². The Morgan fingerprint density at radius 2 is 2.25 bits per heavy atom. The van der Waals surface area contributed by atoms with Gasteiger partial charge in [-0.15, -0.1) is 11.3 Å². The fourth-order valence-corrected chi connectivity index (χ4v) is 3.25. The fraction of sp³-hybridized carbons (Fsp3) is 0.455. The van der Waals surface area contributed by atoms with Crippen molar-refractivity contribution in [3.05, 3.63) is 10.4 Å². The highest BCUT2D eigenvalue weighted by Gasteiger charge is 2.23. The van der Waals surface area contributed by atoms with Gasteiger partial charge in [-0.2, -0.15) is 4.37 Å². The zero-order valence-corrected chi connectivity index (χ0v) is 12.3. The Morgan fingerprint density at radius 1 is 1.50 bits per heavy atom. The molecule has 2 aromatic rings. The number of aromatic nitrogens is 2. The summed E-state index contributed by atoms with van der Waals surface area (Å²) in [6.45, 7) is 1.26. The quantitative estimate of drug-likeness (QED) is 0.853. The summed E-state index contributed by atoms with van der Waals surface area (Å²) in [5.41, 5.74) is 7.03. The van der Waals surface area contributed by atoms with Crippen molar-refractivity contribution in [3.63, 3.8) is 0 Å². The molecule has 0 bridgehead atoms. The molecule has 20 heavy (non-hydrogen) atoms. The van der Waals surface area contributed by atoms with Gasteiger partial charge in [0.2, 0.25) is 0 Å². The third kappa shape index (κ3) is 3.22. The van der Waals surface area contributed by atoms with E-state index in [1.165, 1.54) is 16.2 Å². The van der Waals surface area contributed by atoms with E-state index in [2.05, 4.69) is 9.36 Å². The Morgan fingerprint density at radius 3 is 2.80 bits per heavy atom. The SMILES string of the molecule is Cc1nc(-c2c(N)nsc2N(CCO)CC(F)F)cs1. The first-order valence-electron chi connectivity index (χ1n) is 5.84. The average molecular weight is 320 g/mol. The number of halogens is 2. The zero-order valence-electron chi connectivity index (χ0n) is 10.7. The number of aliphatic hydroxyl groups is 1. The summed E-state index contributed by atoms with van der Waals surface area (Å²) >= 11 is 2.49. The van der Waals surface area contributed by atoms with Crippen molar-refractivity contribution in [1.82, 2.24) is 9.36 Å². The molecule has 0 aliphatic carbocycles. The molecule has 0 aliphatic rings. The van der Waals surface area contributed by atoms with Crippen molar-refractivity contribution >= 4 is 33.7 Å². The van der Waals surface area contributed by atoms with Crippen LogP contribution >= 0.6 is 22.9 Å². The lowest BCUT2D eigenvalue weighted by Gasteiger charge is -2.22. The Balaban J connectivity index is 2.40. The number of hydrogen-bond acceptors (Lipinski definition) is 7. The molecule has 2 heterocycles. The van der Waals surface area contributed by atoms with E-state index in [4.69, 9.17) is 10.8 Å². The molecule has 0 radical (unpaired) electrons. The molecule has 0 aromatic carbocycles. The molecule has 9 heteroatoms. The van der Waals surface area contributed by atoms with Gasteiger partial charge in [0.15, 0.2) is 0 Å². The second kappa shape index (κ2) is 6.42. The molecular formula is C11H14F2N4OS2. The number of rotatable bonds is 6. The van der Waals surface area contributed by atoms with Crippen LogP contribution in [0.2, 0.25) is 0 Å². The van der Waals surface area contributed by atoms with E-state index in [9.17, 15) is 8.78 Å². The number of nitrogens with zero attached hydrogens (tertiary/aromatic N) is 3. The lowest BCUT2D eigenvalue weighted by Crippen LogP contribution is -2.31. The molecule has 110 valence electrons. The summed E-state index contributed by atoms with van der Waals surface area (Å²) in [6, 6.07) is 0. The minimum atomic E-state index is -2.50. The minimum Gasteiger partial charge on any atom is -0.395 e. The van der Waals surface area contributed by atoms with Gasteiger partial charge in [0.1, 0.15) is 10.8 Å². The van der Waals surface area contributed by atoms with Gasteiger partial charge in [0.25, 0.3) is 6.43 Å². The van der Waals surface area contributed by atoms with Crippen LogP contribution in [0.1, 0.15) is 5.01 Å². The monoisotopic (exact) mass is 320 g/mol. The number of anilines is 2. The normalized spacial score (nSPS) is 11.2. The first-order chi connectivity index (χ1) is 9.52. The first kappa shape index (κ1) is 15.1. The summed E-state index contributed by atoms with van der Waals surface area (Å²) in [5.74, 6) is 0.271. The Hall–Kier alpha value is -1.32. The van der Waals surface area contributed by atoms with Crippen LogP contribution in [0.3, 0.4) is 0 Å². The van der Waals surface area contributed by atoms with E-state index >= 15 is 0 Å². The van der Waals surface area contributed by atoms with Crippen LogP contribution in [-0.4, -0.2) is 40.6 Å². The summed E-state index contributed by atoms with van der Waals surface area (Å²) in [7, 11) is 0. The van der Waals surface area contributed by atoms with Gasteiger partial charge in [0, 0.05) is 11.9 Å². The summed E-state index contributed by atoms with van der Waals surface area (Å²) in [5, 5.41) is 12.2. The van der Waals surface area contributed by atoms with Crippen LogP contribution in [0.15, 0.2) is 5.38 Å². The minimum absolute atomic E-state index is 0.0993. The van der Waals surface area contributed by atoms with E-state index in [0.717, 1.165) is 16.5 Å². The largest absolute Gasteiger partial charge is 0.395 e. The van der Waals surface area contributed by atoms with Crippen molar-refractivity contribution in [2.75, 3.05) is 30.3 Å². The van der Waals surface area contributed by atoms with Crippen LogP contribution in [0.4, 0.5) is 19.6 Å². The molecule has 0 unspecified atom stereocenters. The zero-order chi connectivity index (χ0) is 14.7. The molecule has 2 aromatic heterocycles. The molecule has 3 N–H and O–H groups in total. The van der Waals surface area contributed by atoms with Crippen LogP contribution in [-0.2, 0) is 0 Å². The maximum atomic E-state index is 12.7. The molecule has 5 nitrogen and oxygen atoms in total. The van der Waals surface area contributed by atoms with Gasteiger partial charge in [-0.3, -0.25) is 0 Å². The molecule has 0 atom stereocenters. The lowest BCUT2D eigenvalue weighted by molar-refractivity contribution is 0.153. The predicted octanol–water partition coefficient (Wildman–Crippen LogP) is 2.22. The standard InChI is InChI=1S/C11H14F2N4OS2/c1-6-15-7(5-19-6)9-10(14)16-20-11(9)17(2-3-18)4-8(12)13/h5,8,18H,2-4H2,1H3,(H2,14,16). The summed E-state index contributed by atoms with van der Waals surface area (Å²) < 4.78 is 29.3. The third-order valence-corrected chi connectivity index (χ3v) is 4.29. The van der Waals surface area contributed by atoms with E-state index in [1.54, 1.807) is 0 Å². The summed E-state index contributed by atoms with van der Waals surface area (Å²) in [6.07, 6.45) is -2.50. The maximum Gasteiger partial charge on any atom is 0.255 e. The Labute approximate surface area is 122 Å². The first-order valence-corrected chi connectivity index (χ1v) is 7.49. The number of aryl methyl sites for hydroxylation is 1. The van der Waals surface area contributed by atoms with Crippen molar-refractivity contribution in [2.24, 2.45) is 0 Å². The van der Waals surface area contributed by atoms with Crippen LogP contribution in [0.25, 0.3) is 11.3 Å². The smallest absolute Gasteiger partial charge is 0.255 e. The highest BCUT2D eigenvalue weighted by molar-refractivity contribution is 7.11. The molecular weight excluding hydrogens is 306 g/mol. The van der Waals surface area contributed by atoms with E-state index in [0.29, 0.717) is 16.3 Å². The van der Waals surface area contributed by atoms with E-state index in [-0.39, 0.29) is 19.0 Å². The van der Waals surface area contributed by atoms with Crippen molar-refractivity contribution in [2.45, 2.75) is 13.3 Å². The van der Waals surface area contributed by atoms with Gasteiger partial charge in [-0.1, -0.05) is 0 Å². The highest BCUT2D eigenvalue weighted by atomic mass is 32.1. The molecule has 0 spiro atoms. The van der Waals surface area contributed by atoms with Crippen molar-refractivity contribution < 1.29 is 13.9 Å². The third-order valence-electron chi connectivity index (χ3n) is 2.59. The Kier molecular flexibility index (Phi) is 4.84. The fourth-order valence-electron chi connectivity index (χ4n) is 1.79. The molecule has 0 fully saturated rings. The number of thiazole rings is 1. The van der Waals surface area contributed by atoms with E-state index < -0.39 is 13.0 Å². The van der Waals surface area contributed by atoms with Gasteiger partial charge >= 0.3 is 0 Å². The average Bonchev–Trinajstić information content (AvgIpc) is 2.94. The number of aliphatic hydroxyl groups excluding tert-OH is 1. The van der Waals surface area contributed by atoms with Gasteiger partial charge in [-0.25, -0.2) is 13.8 Å². The number of nitrogen functional groups attached to an aromatic ring is 1. The van der Waals surface area contributed by atoms with Crippen LogP contribution in [0.5, 0.6) is 0 Å². The van der Waals surface area contributed by atoms with Gasteiger partial charge in [-0.05, 0) is 18.5 Å². The number of hydrogen-bond donors (Lipinski definition) is 2. The maximum absolute atomic E-state index is 12.7. The highest BCUT2D eigenvalue weighted by Crippen LogP contribution is 2.39. The second-order valence-electron chi connectivity index (χ2n) is 4.06. The summed E-state index contributed by atoms with van der Waals surface area (Å²) in [4.78, 5) is 5.72. The second-order valence-corrected chi connectivity index (χ2v) is 5.87. The number of alkyl halides is 2. The lowest BCUT2D eigenvalue weighted by atomic mass is 10.2. The molecule has 0 saturated carbocycles. The Bertz CT molecular complexity index is 573. The topological polar surface area (TPSA) is 75.3 Å². The molecule has 0 amide bonds. The van der Waals surface area contributed by atoms with Crippen LogP contribution in [0, 0.1) is 6.92 Å². The molecule has 0 saturated heterocycles. The van der Waals surface area contributed by atoms with Crippen LogP contribution < -0.4 is 10.6 Å². The van der Waals surface area contributed by atoms with Crippen molar-refractivity contribution in [1.29, 1.82) is 0 Å². The predicted molar refractivity (Wildman–Crippen MR) is 77.7 cm³/mol. The van der Waals surface area contributed by atoms with Gasteiger partial charge < -0.3 is 15.7 Å². The number of nitrogens with two attached hydrogens (primary N) is 1. The molecule has 2 rings (SSSR count).